The lowest BCUT2D eigenvalue weighted by Crippen LogP contribution is -2.42. The van der Waals surface area contributed by atoms with E-state index in [2.05, 4.69) is 39.4 Å². The fourth-order valence-electron chi connectivity index (χ4n) is 3.34. The molecule has 0 saturated carbocycles. The maximum Gasteiger partial charge on any atom is 0.224 e. The summed E-state index contributed by atoms with van der Waals surface area (Å²) in [6, 6.07) is 10.5. The molecule has 0 aromatic heterocycles. The number of carbonyl (C=O) groups is 1. The SMILES string of the molecule is O=C(NCCN1CCOCC1)C1CCN(Cc2ccccc2)C1. The second-order valence-electron chi connectivity index (χ2n) is 6.45. The van der Waals surface area contributed by atoms with Gasteiger partial charge in [0.15, 0.2) is 0 Å². The number of carbonyl (C=O) groups excluding carboxylic acids is 1. The first kappa shape index (κ1) is 16.4. The van der Waals surface area contributed by atoms with Gasteiger partial charge in [-0.25, -0.2) is 0 Å². The largest absolute Gasteiger partial charge is 0.379 e. The number of nitrogens with one attached hydrogen (secondary N) is 1. The fraction of sp³-hybridized carbons (Fsp3) is 0.611. The van der Waals surface area contributed by atoms with Crippen LogP contribution in [0.25, 0.3) is 0 Å². The van der Waals surface area contributed by atoms with Crippen LogP contribution in [-0.4, -0.2) is 68.2 Å². The highest BCUT2D eigenvalue weighted by atomic mass is 16.5. The molecule has 3 rings (SSSR count). The summed E-state index contributed by atoms with van der Waals surface area (Å²) in [5.41, 5.74) is 1.32. The summed E-state index contributed by atoms with van der Waals surface area (Å²) in [5.74, 6) is 0.359. The second-order valence-corrected chi connectivity index (χ2v) is 6.45. The number of likely N-dealkylation sites (tertiary alicyclic amines) is 1. The lowest BCUT2D eigenvalue weighted by atomic mass is 10.1. The van der Waals surface area contributed by atoms with E-state index in [4.69, 9.17) is 4.74 Å². The molecule has 2 fully saturated rings. The first-order chi connectivity index (χ1) is 11.3. The van der Waals surface area contributed by atoms with Crippen molar-refractivity contribution >= 4 is 5.91 Å². The molecular weight excluding hydrogens is 290 g/mol. The first-order valence-electron chi connectivity index (χ1n) is 8.65. The Morgan fingerprint density at radius 3 is 2.70 bits per heavy atom. The highest BCUT2D eigenvalue weighted by Crippen LogP contribution is 2.18. The Bertz CT molecular complexity index is 488. The Morgan fingerprint density at radius 1 is 1.13 bits per heavy atom. The average Bonchev–Trinajstić information content (AvgIpc) is 3.05. The summed E-state index contributed by atoms with van der Waals surface area (Å²) in [6.45, 7) is 8.07. The van der Waals surface area contributed by atoms with Gasteiger partial charge >= 0.3 is 0 Å². The van der Waals surface area contributed by atoms with Crippen LogP contribution in [0.5, 0.6) is 0 Å². The maximum atomic E-state index is 12.3. The van der Waals surface area contributed by atoms with Crippen molar-refractivity contribution in [3.8, 4) is 0 Å². The molecule has 0 aliphatic carbocycles. The Hall–Kier alpha value is -1.43. The van der Waals surface area contributed by atoms with E-state index < -0.39 is 0 Å². The van der Waals surface area contributed by atoms with Crippen LogP contribution < -0.4 is 5.32 Å². The predicted molar refractivity (Wildman–Crippen MR) is 90.1 cm³/mol. The first-order valence-corrected chi connectivity index (χ1v) is 8.65. The van der Waals surface area contributed by atoms with Gasteiger partial charge in [0, 0.05) is 39.3 Å². The summed E-state index contributed by atoms with van der Waals surface area (Å²) in [6.07, 6.45) is 0.968. The van der Waals surface area contributed by atoms with Gasteiger partial charge in [-0.1, -0.05) is 30.3 Å². The molecule has 5 heteroatoms. The number of benzene rings is 1. The standard InChI is InChI=1S/C18H27N3O2/c22-18(19-7-9-20-10-12-23-13-11-20)17-6-8-21(15-17)14-16-4-2-1-3-5-16/h1-5,17H,6-15H2,(H,19,22). The Kier molecular flexibility index (Phi) is 6.02. The third-order valence-electron chi connectivity index (χ3n) is 4.72. The van der Waals surface area contributed by atoms with Crippen molar-refractivity contribution in [1.29, 1.82) is 0 Å². The number of rotatable bonds is 6. The van der Waals surface area contributed by atoms with Crippen molar-refractivity contribution in [3.63, 3.8) is 0 Å². The Labute approximate surface area is 138 Å². The van der Waals surface area contributed by atoms with Crippen LogP contribution in [0.15, 0.2) is 30.3 Å². The van der Waals surface area contributed by atoms with Crippen LogP contribution >= 0.6 is 0 Å². The van der Waals surface area contributed by atoms with Gasteiger partial charge in [0.1, 0.15) is 0 Å². The molecule has 1 aromatic carbocycles. The van der Waals surface area contributed by atoms with Crippen LogP contribution in [0.3, 0.4) is 0 Å². The number of amides is 1. The minimum Gasteiger partial charge on any atom is -0.379 e. The van der Waals surface area contributed by atoms with Crippen molar-refractivity contribution in [3.05, 3.63) is 35.9 Å². The fourth-order valence-corrected chi connectivity index (χ4v) is 3.34. The molecule has 0 bridgehead atoms. The van der Waals surface area contributed by atoms with E-state index in [0.717, 1.165) is 65.4 Å². The molecular formula is C18H27N3O2. The second kappa shape index (κ2) is 8.43. The van der Waals surface area contributed by atoms with E-state index in [1.54, 1.807) is 0 Å². The highest BCUT2D eigenvalue weighted by molar-refractivity contribution is 5.79. The van der Waals surface area contributed by atoms with E-state index >= 15 is 0 Å². The summed E-state index contributed by atoms with van der Waals surface area (Å²) in [4.78, 5) is 17.0. The van der Waals surface area contributed by atoms with E-state index in [9.17, 15) is 4.79 Å². The Balaban J connectivity index is 1.35. The molecule has 0 spiro atoms. The molecule has 1 unspecified atom stereocenters. The van der Waals surface area contributed by atoms with Gasteiger partial charge in [-0.2, -0.15) is 0 Å². The molecule has 23 heavy (non-hydrogen) atoms. The van der Waals surface area contributed by atoms with Gasteiger partial charge in [0.2, 0.25) is 5.91 Å². The number of hydrogen-bond donors (Lipinski definition) is 1. The topological polar surface area (TPSA) is 44.8 Å². The molecule has 2 saturated heterocycles. The summed E-state index contributed by atoms with van der Waals surface area (Å²) in [7, 11) is 0. The number of nitrogens with zero attached hydrogens (tertiary/aromatic N) is 2. The molecule has 2 aliphatic heterocycles. The van der Waals surface area contributed by atoms with Crippen LogP contribution in [0.2, 0.25) is 0 Å². The molecule has 126 valence electrons. The van der Waals surface area contributed by atoms with Crippen molar-refractivity contribution in [2.45, 2.75) is 13.0 Å². The molecule has 1 aromatic rings. The van der Waals surface area contributed by atoms with Gasteiger partial charge in [-0.05, 0) is 18.5 Å². The summed E-state index contributed by atoms with van der Waals surface area (Å²) < 4.78 is 5.33. The molecule has 2 heterocycles. The number of hydrogen-bond acceptors (Lipinski definition) is 4. The van der Waals surface area contributed by atoms with E-state index in [0.29, 0.717) is 0 Å². The quantitative estimate of drug-likeness (QED) is 0.849. The monoisotopic (exact) mass is 317 g/mol. The number of ether oxygens (including phenoxy) is 1. The van der Waals surface area contributed by atoms with Crippen molar-refractivity contribution in [2.75, 3.05) is 52.5 Å². The van der Waals surface area contributed by atoms with Crippen LogP contribution in [0.4, 0.5) is 0 Å². The zero-order valence-electron chi connectivity index (χ0n) is 13.7. The summed E-state index contributed by atoms with van der Waals surface area (Å²) >= 11 is 0. The molecule has 2 aliphatic rings. The smallest absolute Gasteiger partial charge is 0.224 e. The zero-order valence-corrected chi connectivity index (χ0v) is 13.7. The molecule has 1 N–H and O–H groups in total. The van der Waals surface area contributed by atoms with Gasteiger partial charge < -0.3 is 10.1 Å². The molecule has 1 atom stereocenters. The van der Waals surface area contributed by atoms with Crippen LogP contribution in [-0.2, 0) is 16.1 Å². The predicted octanol–water partition coefficient (Wildman–Crippen LogP) is 0.957. The Morgan fingerprint density at radius 2 is 1.91 bits per heavy atom. The molecule has 5 nitrogen and oxygen atoms in total. The minimum atomic E-state index is 0.142. The lowest BCUT2D eigenvalue weighted by molar-refractivity contribution is -0.124. The van der Waals surface area contributed by atoms with E-state index in [-0.39, 0.29) is 11.8 Å². The van der Waals surface area contributed by atoms with Crippen LogP contribution in [0, 0.1) is 5.92 Å². The molecule has 0 radical (unpaired) electrons. The third-order valence-corrected chi connectivity index (χ3v) is 4.72. The maximum absolute atomic E-state index is 12.3. The molecule has 1 amide bonds. The highest BCUT2D eigenvalue weighted by Gasteiger charge is 2.28. The van der Waals surface area contributed by atoms with Gasteiger partial charge in [0.05, 0.1) is 19.1 Å². The number of morpholine rings is 1. The minimum absolute atomic E-state index is 0.142. The lowest BCUT2D eigenvalue weighted by Gasteiger charge is -2.26. The van der Waals surface area contributed by atoms with E-state index in [1.807, 2.05) is 6.07 Å². The van der Waals surface area contributed by atoms with E-state index in [1.165, 1.54) is 5.56 Å². The normalized spacial score (nSPS) is 23.0. The van der Waals surface area contributed by atoms with Crippen molar-refractivity contribution in [2.24, 2.45) is 5.92 Å². The van der Waals surface area contributed by atoms with Crippen molar-refractivity contribution in [1.82, 2.24) is 15.1 Å². The van der Waals surface area contributed by atoms with Gasteiger partial charge in [-0.15, -0.1) is 0 Å². The van der Waals surface area contributed by atoms with Gasteiger partial charge in [0.25, 0.3) is 0 Å². The third kappa shape index (κ3) is 5.03. The van der Waals surface area contributed by atoms with Crippen molar-refractivity contribution < 1.29 is 9.53 Å². The van der Waals surface area contributed by atoms with Crippen LogP contribution in [0.1, 0.15) is 12.0 Å². The van der Waals surface area contributed by atoms with Gasteiger partial charge in [-0.3, -0.25) is 14.6 Å². The zero-order chi connectivity index (χ0) is 15.9. The summed E-state index contributed by atoms with van der Waals surface area (Å²) in [5, 5.41) is 3.11. The average molecular weight is 317 g/mol.